The van der Waals surface area contributed by atoms with Crippen LogP contribution < -0.4 is 14.8 Å². The average Bonchev–Trinajstić information content (AvgIpc) is 2.82. The fourth-order valence-corrected chi connectivity index (χ4v) is 4.19. The van der Waals surface area contributed by atoms with Crippen LogP contribution in [0.25, 0.3) is 6.08 Å². The quantitative estimate of drug-likeness (QED) is 0.236. The normalized spacial score (nSPS) is 10.9. The van der Waals surface area contributed by atoms with Crippen LogP contribution in [0.4, 0.5) is 5.69 Å². The van der Waals surface area contributed by atoms with E-state index in [9.17, 15) is 10.1 Å². The third-order valence-corrected chi connectivity index (χ3v) is 6.11. The molecule has 33 heavy (non-hydrogen) atoms. The van der Waals surface area contributed by atoms with Gasteiger partial charge in [0.2, 0.25) is 0 Å². The second-order valence-corrected chi connectivity index (χ2v) is 8.88. The van der Waals surface area contributed by atoms with Crippen LogP contribution in [0.5, 0.6) is 11.5 Å². The predicted molar refractivity (Wildman–Crippen MR) is 137 cm³/mol. The molecule has 1 amide bonds. The third kappa shape index (κ3) is 6.70. The summed E-state index contributed by atoms with van der Waals surface area (Å²) in [5.74, 6) is 0.592. The minimum absolute atomic E-state index is 0.0101. The fraction of sp³-hybridized carbons (Fsp3) is 0.154. The molecule has 0 fully saturated rings. The molecule has 0 aliphatic carbocycles. The molecule has 168 valence electrons. The van der Waals surface area contributed by atoms with Crippen molar-refractivity contribution in [2.75, 3.05) is 12.4 Å². The van der Waals surface area contributed by atoms with E-state index in [0.717, 1.165) is 20.9 Å². The first-order valence-electron chi connectivity index (χ1n) is 10.2. The molecular formula is C26H22Br2N2O3. The van der Waals surface area contributed by atoms with Crippen molar-refractivity contribution in [3.63, 3.8) is 0 Å². The van der Waals surface area contributed by atoms with Gasteiger partial charge in [-0.1, -0.05) is 63.0 Å². The lowest BCUT2D eigenvalue weighted by molar-refractivity contribution is -0.112. The van der Waals surface area contributed by atoms with Gasteiger partial charge in [0.05, 0.1) is 7.11 Å². The molecule has 0 aromatic heterocycles. The minimum atomic E-state index is -0.471. The summed E-state index contributed by atoms with van der Waals surface area (Å²) in [6.07, 6.45) is 2.44. The summed E-state index contributed by atoms with van der Waals surface area (Å²) in [5, 5.41) is 12.3. The summed E-state index contributed by atoms with van der Waals surface area (Å²) in [6, 6.07) is 20.6. The number of methoxy groups -OCH3 is 1. The second kappa shape index (κ2) is 11.7. The number of amides is 1. The van der Waals surface area contributed by atoms with Crippen LogP contribution in [0.15, 0.2) is 75.2 Å². The molecule has 3 aromatic carbocycles. The number of aryl methyl sites for hydroxylation is 1. The van der Waals surface area contributed by atoms with Gasteiger partial charge in [0, 0.05) is 20.2 Å². The van der Waals surface area contributed by atoms with Crippen molar-refractivity contribution in [3.8, 4) is 17.6 Å². The Morgan fingerprint density at radius 2 is 1.82 bits per heavy atom. The molecule has 3 rings (SSSR count). The molecular weight excluding hydrogens is 548 g/mol. The molecule has 0 aliphatic heterocycles. The molecule has 0 atom stereocenters. The van der Waals surface area contributed by atoms with Gasteiger partial charge >= 0.3 is 0 Å². The summed E-state index contributed by atoms with van der Waals surface area (Å²) >= 11 is 6.96. The lowest BCUT2D eigenvalue weighted by Gasteiger charge is -2.12. The van der Waals surface area contributed by atoms with Crippen molar-refractivity contribution < 1.29 is 14.3 Å². The highest BCUT2D eigenvalue weighted by Crippen LogP contribution is 2.31. The molecule has 7 heteroatoms. The summed E-state index contributed by atoms with van der Waals surface area (Å²) < 4.78 is 13.3. The summed E-state index contributed by atoms with van der Waals surface area (Å²) in [6.45, 7) is 2.41. The number of hydrogen-bond acceptors (Lipinski definition) is 4. The van der Waals surface area contributed by atoms with E-state index >= 15 is 0 Å². The molecule has 5 nitrogen and oxygen atoms in total. The van der Waals surface area contributed by atoms with Gasteiger partial charge < -0.3 is 14.8 Å². The van der Waals surface area contributed by atoms with Crippen molar-refractivity contribution in [2.45, 2.75) is 20.0 Å². The van der Waals surface area contributed by atoms with Gasteiger partial charge in [-0.2, -0.15) is 5.26 Å². The van der Waals surface area contributed by atoms with Gasteiger partial charge in [-0.3, -0.25) is 4.79 Å². The van der Waals surface area contributed by atoms with Crippen molar-refractivity contribution in [2.24, 2.45) is 0 Å². The number of nitriles is 1. The number of anilines is 1. The number of carbonyl (C=O) groups is 1. The molecule has 0 aliphatic rings. The Kier molecular flexibility index (Phi) is 8.70. The van der Waals surface area contributed by atoms with Crippen LogP contribution in [0.1, 0.15) is 23.6 Å². The standard InChI is InChI=1S/C26H22Br2N2O3/c1-3-17-4-9-22(10-5-17)30-26(31)20(15-29)12-18-6-11-24(25(13-18)32-2)33-16-19-7-8-21(27)14-23(19)28/h4-14H,3,16H2,1-2H3,(H,30,31)/b20-12-. The van der Waals surface area contributed by atoms with Gasteiger partial charge in [-0.15, -0.1) is 0 Å². The second-order valence-electron chi connectivity index (χ2n) is 7.11. The van der Waals surface area contributed by atoms with Crippen LogP contribution in [-0.2, 0) is 17.8 Å². The molecule has 0 bridgehead atoms. The summed E-state index contributed by atoms with van der Waals surface area (Å²) in [4.78, 5) is 12.6. The molecule has 3 aromatic rings. The Morgan fingerprint density at radius 1 is 1.06 bits per heavy atom. The zero-order valence-corrected chi connectivity index (χ0v) is 21.4. The highest BCUT2D eigenvalue weighted by atomic mass is 79.9. The molecule has 0 saturated carbocycles. The summed E-state index contributed by atoms with van der Waals surface area (Å²) in [5.41, 5.74) is 3.44. The fourth-order valence-electron chi connectivity index (χ4n) is 3.02. The Hall–Kier alpha value is -3.08. The zero-order valence-electron chi connectivity index (χ0n) is 18.2. The molecule has 0 unspecified atom stereocenters. The number of nitrogens with zero attached hydrogens (tertiary/aromatic N) is 1. The molecule has 0 radical (unpaired) electrons. The smallest absolute Gasteiger partial charge is 0.266 e. The maximum atomic E-state index is 12.6. The number of benzene rings is 3. The number of carbonyl (C=O) groups excluding carboxylic acids is 1. The van der Waals surface area contributed by atoms with Gasteiger partial charge in [-0.25, -0.2) is 0 Å². The summed E-state index contributed by atoms with van der Waals surface area (Å²) in [7, 11) is 1.54. The predicted octanol–water partition coefficient (Wildman–Crippen LogP) is 6.91. The van der Waals surface area contributed by atoms with Gasteiger partial charge in [-0.05, 0) is 60.0 Å². The average molecular weight is 570 g/mol. The van der Waals surface area contributed by atoms with Crippen LogP contribution in [0, 0.1) is 11.3 Å². The first kappa shape index (κ1) is 24.6. The SMILES string of the molecule is CCc1ccc(NC(=O)/C(C#N)=C\c2ccc(OCc3ccc(Br)cc3Br)c(OC)c2)cc1. The maximum Gasteiger partial charge on any atom is 0.266 e. The molecule has 0 saturated heterocycles. The first-order chi connectivity index (χ1) is 15.9. The molecule has 1 N–H and O–H groups in total. The lowest BCUT2D eigenvalue weighted by Crippen LogP contribution is -2.13. The number of rotatable bonds is 8. The number of hydrogen-bond donors (Lipinski definition) is 1. The van der Waals surface area contributed by atoms with E-state index in [2.05, 4.69) is 44.1 Å². The lowest BCUT2D eigenvalue weighted by atomic mass is 10.1. The maximum absolute atomic E-state index is 12.6. The van der Waals surface area contributed by atoms with E-state index < -0.39 is 5.91 Å². The van der Waals surface area contributed by atoms with E-state index in [1.165, 1.54) is 11.6 Å². The van der Waals surface area contributed by atoms with Crippen LogP contribution in [0.2, 0.25) is 0 Å². The van der Waals surface area contributed by atoms with Crippen LogP contribution >= 0.6 is 31.9 Å². The molecule has 0 spiro atoms. The Morgan fingerprint density at radius 3 is 2.45 bits per heavy atom. The molecule has 0 heterocycles. The Bertz CT molecular complexity index is 1220. The number of halogens is 2. The van der Waals surface area contributed by atoms with Crippen LogP contribution in [-0.4, -0.2) is 13.0 Å². The van der Waals surface area contributed by atoms with E-state index in [1.807, 2.05) is 48.5 Å². The van der Waals surface area contributed by atoms with Gasteiger partial charge in [0.25, 0.3) is 5.91 Å². The van der Waals surface area contributed by atoms with Gasteiger partial charge in [0.1, 0.15) is 18.2 Å². The van der Waals surface area contributed by atoms with Gasteiger partial charge in [0.15, 0.2) is 11.5 Å². The third-order valence-electron chi connectivity index (χ3n) is 4.88. The highest BCUT2D eigenvalue weighted by Gasteiger charge is 2.12. The Balaban J connectivity index is 1.74. The zero-order chi connectivity index (χ0) is 23.8. The monoisotopic (exact) mass is 568 g/mol. The largest absolute Gasteiger partial charge is 0.493 e. The van der Waals surface area contributed by atoms with E-state index in [1.54, 1.807) is 25.3 Å². The van der Waals surface area contributed by atoms with Crippen LogP contribution in [0.3, 0.4) is 0 Å². The highest BCUT2D eigenvalue weighted by molar-refractivity contribution is 9.11. The van der Waals surface area contributed by atoms with E-state index in [4.69, 9.17) is 9.47 Å². The Labute approximate surface area is 210 Å². The number of nitrogens with one attached hydrogen (secondary N) is 1. The van der Waals surface area contributed by atoms with Crippen molar-refractivity contribution in [1.29, 1.82) is 5.26 Å². The topological polar surface area (TPSA) is 71.4 Å². The minimum Gasteiger partial charge on any atom is -0.493 e. The van der Waals surface area contributed by atoms with Crippen molar-refractivity contribution in [1.82, 2.24) is 0 Å². The van der Waals surface area contributed by atoms with E-state index in [-0.39, 0.29) is 5.57 Å². The van der Waals surface area contributed by atoms with Crippen molar-refractivity contribution in [3.05, 3.63) is 91.9 Å². The number of ether oxygens (including phenoxy) is 2. The first-order valence-corrected chi connectivity index (χ1v) is 11.8. The van der Waals surface area contributed by atoms with Crippen molar-refractivity contribution >= 4 is 49.5 Å². The van der Waals surface area contributed by atoms with E-state index in [0.29, 0.717) is 29.4 Å².